The van der Waals surface area contributed by atoms with E-state index in [1.807, 2.05) is 24.3 Å². The van der Waals surface area contributed by atoms with Crippen molar-refractivity contribution >= 4 is 28.7 Å². The third kappa shape index (κ3) is 4.66. The van der Waals surface area contributed by atoms with Crippen LogP contribution in [0.3, 0.4) is 0 Å². The van der Waals surface area contributed by atoms with Crippen molar-refractivity contribution in [3.63, 3.8) is 0 Å². The lowest BCUT2D eigenvalue weighted by Gasteiger charge is -2.43. The van der Waals surface area contributed by atoms with E-state index < -0.39 is 0 Å². The summed E-state index contributed by atoms with van der Waals surface area (Å²) in [6.07, 6.45) is 5.84. The summed E-state index contributed by atoms with van der Waals surface area (Å²) in [6.45, 7) is 12.7. The Bertz CT molecular complexity index is 1380. The average molecular weight is 509 g/mol. The molecule has 0 saturated heterocycles. The Morgan fingerprint density at radius 2 is 1.55 bits per heavy atom. The molecule has 0 unspecified atom stereocenters. The quantitative estimate of drug-likeness (QED) is 0.247. The van der Waals surface area contributed by atoms with Crippen molar-refractivity contribution in [2.45, 2.75) is 77.6 Å². The molecule has 0 bridgehead atoms. The molecular weight excluding hydrogens is 468 g/mol. The van der Waals surface area contributed by atoms with Gasteiger partial charge in [-0.05, 0) is 77.6 Å². The van der Waals surface area contributed by atoms with Crippen LogP contribution in [-0.4, -0.2) is 25.3 Å². The second-order valence-electron chi connectivity index (χ2n) is 12.1. The van der Waals surface area contributed by atoms with E-state index in [1.165, 1.54) is 43.2 Å². The smallest absolute Gasteiger partial charge is 0.337 e. The van der Waals surface area contributed by atoms with E-state index in [0.717, 1.165) is 47.6 Å². The van der Waals surface area contributed by atoms with E-state index in [9.17, 15) is 4.79 Å². The van der Waals surface area contributed by atoms with E-state index >= 15 is 0 Å². The van der Waals surface area contributed by atoms with Gasteiger partial charge in [0.15, 0.2) is 0 Å². The van der Waals surface area contributed by atoms with Gasteiger partial charge in [0.25, 0.3) is 0 Å². The van der Waals surface area contributed by atoms with E-state index in [-0.39, 0.29) is 16.8 Å². The second kappa shape index (κ2) is 10.1. The molecule has 3 aromatic carbocycles. The molecule has 38 heavy (non-hydrogen) atoms. The third-order valence-electron chi connectivity index (χ3n) is 8.48. The number of hydrogen-bond donors (Lipinski definition) is 0. The number of fused-ring (bicyclic) bond motifs is 3. The number of carbonyl (C=O) groups excluding carboxylic acids is 1. The van der Waals surface area contributed by atoms with Crippen molar-refractivity contribution in [3.8, 4) is 0 Å². The molecule has 0 aromatic heterocycles. The summed E-state index contributed by atoms with van der Waals surface area (Å²) in [5, 5.41) is 0. The molecule has 0 N–H and O–H groups in total. The van der Waals surface area contributed by atoms with Crippen LogP contribution in [-0.2, 0) is 15.6 Å². The molecule has 4 heteroatoms. The molecule has 1 aliphatic carbocycles. The standard InChI is InChI=1S/C34H40N2O2/c1-7-8-11-20-36-29-13-10-9-12-28(29)35-31(23-14-16-24(17-15-23)32(37)38-6)25-21-26-27(22-30(25)36)34(4,5)19-18-33(26,2)3/h9-10,12-17,21-22H,7-8,11,18-20H2,1-6H3. The number of hydrogen-bond acceptors (Lipinski definition) is 4. The first kappa shape index (κ1) is 26.2. The van der Waals surface area contributed by atoms with Crippen LogP contribution < -0.4 is 4.90 Å². The molecule has 0 amide bonds. The molecule has 0 fully saturated rings. The number of unbranched alkanes of at least 4 members (excludes halogenated alkanes) is 2. The summed E-state index contributed by atoms with van der Waals surface area (Å²) in [6, 6.07) is 21.1. The summed E-state index contributed by atoms with van der Waals surface area (Å²) in [4.78, 5) is 19.9. The van der Waals surface area contributed by atoms with Crippen LogP contribution in [0.2, 0.25) is 0 Å². The maximum Gasteiger partial charge on any atom is 0.337 e. The minimum atomic E-state index is -0.328. The highest BCUT2D eigenvalue weighted by molar-refractivity contribution is 6.19. The summed E-state index contributed by atoms with van der Waals surface area (Å²) in [7, 11) is 1.42. The fraction of sp³-hybridized carbons (Fsp3) is 0.412. The molecule has 0 spiro atoms. The summed E-state index contributed by atoms with van der Waals surface area (Å²) >= 11 is 0. The molecular formula is C34H40N2O2. The molecule has 5 rings (SSSR count). The van der Waals surface area contributed by atoms with Crippen molar-refractivity contribution < 1.29 is 9.53 Å². The maximum absolute atomic E-state index is 12.1. The fourth-order valence-electron chi connectivity index (χ4n) is 5.98. The van der Waals surface area contributed by atoms with E-state index in [2.05, 4.69) is 75.9 Å². The van der Waals surface area contributed by atoms with E-state index in [1.54, 1.807) is 0 Å². The van der Waals surface area contributed by atoms with Crippen LogP contribution in [0.15, 0.2) is 65.7 Å². The Morgan fingerprint density at radius 1 is 0.895 bits per heavy atom. The first-order valence-corrected chi connectivity index (χ1v) is 14.0. The van der Waals surface area contributed by atoms with Crippen LogP contribution >= 0.6 is 0 Å². The zero-order valence-electron chi connectivity index (χ0n) is 23.7. The van der Waals surface area contributed by atoms with Crippen LogP contribution in [0.1, 0.15) is 99.3 Å². The Hall–Kier alpha value is -3.40. The number of rotatable bonds is 6. The number of benzene rings is 3. The predicted octanol–water partition coefficient (Wildman–Crippen LogP) is 8.63. The molecule has 2 aliphatic rings. The summed E-state index contributed by atoms with van der Waals surface area (Å²) in [5.41, 5.74) is 10.1. The van der Waals surface area contributed by atoms with Crippen LogP contribution in [0.5, 0.6) is 0 Å². The second-order valence-corrected chi connectivity index (χ2v) is 12.1. The Labute approximate surface area is 227 Å². The van der Waals surface area contributed by atoms with Gasteiger partial charge in [-0.25, -0.2) is 9.79 Å². The normalized spacial score (nSPS) is 17.0. The van der Waals surface area contributed by atoms with Crippen molar-refractivity contribution in [1.29, 1.82) is 0 Å². The van der Waals surface area contributed by atoms with Gasteiger partial charge in [-0.2, -0.15) is 0 Å². The number of para-hydroxylation sites is 2. The zero-order chi connectivity index (χ0) is 27.1. The lowest BCUT2D eigenvalue weighted by molar-refractivity contribution is 0.0600. The largest absolute Gasteiger partial charge is 0.465 e. The van der Waals surface area contributed by atoms with Crippen molar-refractivity contribution in [3.05, 3.63) is 88.5 Å². The van der Waals surface area contributed by atoms with Crippen LogP contribution in [0.4, 0.5) is 17.1 Å². The van der Waals surface area contributed by atoms with Crippen molar-refractivity contribution in [1.82, 2.24) is 0 Å². The summed E-state index contributed by atoms with van der Waals surface area (Å²) < 4.78 is 4.93. The van der Waals surface area contributed by atoms with Gasteiger partial charge in [0, 0.05) is 17.7 Å². The van der Waals surface area contributed by atoms with Gasteiger partial charge in [0.2, 0.25) is 0 Å². The predicted molar refractivity (Wildman–Crippen MR) is 158 cm³/mol. The van der Waals surface area contributed by atoms with Crippen molar-refractivity contribution in [2.24, 2.45) is 4.99 Å². The number of methoxy groups -OCH3 is 1. The van der Waals surface area contributed by atoms with Gasteiger partial charge in [-0.1, -0.05) is 71.7 Å². The number of esters is 1. The number of anilines is 2. The lowest BCUT2D eigenvalue weighted by Crippen LogP contribution is -2.35. The molecule has 0 radical (unpaired) electrons. The first-order chi connectivity index (χ1) is 18.2. The topological polar surface area (TPSA) is 41.9 Å². The van der Waals surface area contributed by atoms with Gasteiger partial charge in [0.1, 0.15) is 0 Å². The highest BCUT2D eigenvalue weighted by Gasteiger charge is 2.39. The molecule has 1 aliphatic heterocycles. The SMILES string of the molecule is CCCCCN1c2ccccc2N=C(c2ccc(C(=O)OC)cc2)c2cc3c(cc21)C(C)(C)CCC3(C)C. The van der Waals surface area contributed by atoms with Gasteiger partial charge < -0.3 is 9.64 Å². The number of nitrogens with zero attached hydrogens (tertiary/aromatic N) is 2. The van der Waals surface area contributed by atoms with Gasteiger partial charge >= 0.3 is 5.97 Å². The zero-order valence-corrected chi connectivity index (χ0v) is 23.7. The summed E-state index contributed by atoms with van der Waals surface area (Å²) in [5.74, 6) is -0.328. The van der Waals surface area contributed by atoms with Crippen LogP contribution in [0.25, 0.3) is 0 Å². The minimum absolute atomic E-state index is 0.0892. The number of aliphatic imine (C=N–C) groups is 1. The molecule has 3 aromatic rings. The fourth-order valence-corrected chi connectivity index (χ4v) is 5.98. The molecule has 0 atom stereocenters. The highest BCUT2D eigenvalue weighted by Crippen LogP contribution is 2.50. The van der Waals surface area contributed by atoms with Gasteiger partial charge in [0.05, 0.1) is 35.4 Å². The average Bonchev–Trinajstić information content (AvgIpc) is 3.05. The van der Waals surface area contributed by atoms with Crippen molar-refractivity contribution in [2.75, 3.05) is 18.6 Å². The Morgan fingerprint density at radius 3 is 2.21 bits per heavy atom. The lowest BCUT2D eigenvalue weighted by atomic mass is 9.62. The maximum atomic E-state index is 12.1. The van der Waals surface area contributed by atoms with Gasteiger partial charge in [-0.3, -0.25) is 0 Å². The van der Waals surface area contributed by atoms with E-state index in [0.29, 0.717) is 5.56 Å². The van der Waals surface area contributed by atoms with Crippen LogP contribution in [0, 0.1) is 0 Å². The van der Waals surface area contributed by atoms with Gasteiger partial charge in [-0.15, -0.1) is 0 Å². The molecule has 4 nitrogen and oxygen atoms in total. The Kier molecular flexibility index (Phi) is 6.94. The number of carbonyl (C=O) groups is 1. The minimum Gasteiger partial charge on any atom is -0.465 e. The number of ether oxygens (including phenoxy) is 1. The first-order valence-electron chi connectivity index (χ1n) is 14.0. The molecule has 0 saturated carbocycles. The molecule has 1 heterocycles. The molecule has 198 valence electrons. The monoisotopic (exact) mass is 508 g/mol. The van der Waals surface area contributed by atoms with E-state index in [4.69, 9.17) is 9.73 Å². The third-order valence-corrected chi connectivity index (χ3v) is 8.48. The Balaban J connectivity index is 1.78. The highest BCUT2D eigenvalue weighted by atomic mass is 16.5.